The molecule has 1 saturated heterocycles. The van der Waals surface area contributed by atoms with Crippen molar-refractivity contribution in [1.82, 2.24) is 9.88 Å². The van der Waals surface area contributed by atoms with E-state index in [1.807, 2.05) is 6.08 Å². The standard InChI is InChI=1S/C15H25N3OS/c1-4-5-6-14(19)11-17-7-9-18(10-8-17)15-16-12(2)13(3)20-15/h4,14,19H,1,5-11H2,2-3H3. The summed E-state index contributed by atoms with van der Waals surface area (Å²) in [5.74, 6) is 0. The first-order chi connectivity index (χ1) is 9.60. The van der Waals surface area contributed by atoms with Gasteiger partial charge >= 0.3 is 0 Å². The van der Waals surface area contributed by atoms with Crippen LogP contribution in [0.5, 0.6) is 0 Å². The molecule has 1 aromatic rings. The Hall–Kier alpha value is -0.910. The molecule has 1 aromatic heterocycles. The van der Waals surface area contributed by atoms with Crippen molar-refractivity contribution < 1.29 is 5.11 Å². The Morgan fingerprint density at radius 2 is 2.05 bits per heavy atom. The van der Waals surface area contributed by atoms with E-state index in [1.54, 1.807) is 11.3 Å². The molecule has 1 N–H and O–H groups in total. The lowest BCUT2D eigenvalue weighted by Gasteiger charge is -2.35. The molecule has 0 radical (unpaired) electrons. The van der Waals surface area contributed by atoms with E-state index in [9.17, 15) is 5.11 Å². The first kappa shape index (κ1) is 15.5. The van der Waals surface area contributed by atoms with Crippen LogP contribution in [0.2, 0.25) is 0 Å². The highest BCUT2D eigenvalue weighted by Gasteiger charge is 2.21. The van der Waals surface area contributed by atoms with Crippen LogP contribution in [0, 0.1) is 13.8 Å². The molecule has 1 aliphatic rings. The molecule has 0 bridgehead atoms. The van der Waals surface area contributed by atoms with Gasteiger partial charge in [-0.3, -0.25) is 4.90 Å². The van der Waals surface area contributed by atoms with Crippen LogP contribution in [-0.2, 0) is 0 Å². The number of thiazole rings is 1. The quantitative estimate of drug-likeness (QED) is 0.817. The van der Waals surface area contributed by atoms with Gasteiger partial charge in [-0.15, -0.1) is 17.9 Å². The average molecular weight is 295 g/mol. The average Bonchev–Trinajstić information content (AvgIpc) is 2.77. The van der Waals surface area contributed by atoms with Gasteiger partial charge in [0, 0.05) is 37.6 Å². The maximum Gasteiger partial charge on any atom is 0.185 e. The van der Waals surface area contributed by atoms with Gasteiger partial charge in [-0.25, -0.2) is 4.98 Å². The first-order valence-corrected chi connectivity index (χ1v) is 8.12. The number of nitrogens with zero attached hydrogens (tertiary/aromatic N) is 3. The molecule has 0 saturated carbocycles. The molecule has 5 heteroatoms. The van der Waals surface area contributed by atoms with Gasteiger partial charge in [0.05, 0.1) is 11.8 Å². The lowest BCUT2D eigenvalue weighted by molar-refractivity contribution is 0.103. The van der Waals surface area contributed by atoms with Crippen molar-refractivity contribution in [2.24, 2.45) is 0 Å². The van der Waals surface area contributed by atoms with E-state index in [2.05, 4.69) is 35.2 Å². The number of allylic oxidation sites excluding steroid dienone is 1. The highest BCUT2D eigenvalue weighted by atomic mass is 32.1. The molecule has 0 aromatic carbocycles. The van der Waals surface area contributed by atoms with Gasteiger partial charge in [0.2, 0.25) is 0 Å². The molecule has 1 fully saturated rings. The Kier molecular flexibility index (Phi) is 5.57. The van der Waals surface area contributed by atoms with Crippen LogP contribution >= 0.6 is 11.3 Å². The maximum absolute atomic E-state index is 9.94. The largest absolute Gasteiger partial charge is 0.392 e. The zero-order valence-electron chi connectivity index (χ0n) is 12.5. The lowest BCUT2D eigenvalue weighted by Crippen LogP contribution is -2.48. The third-order valence-corrected chi connectivity index (χ3v) is 4.97. The normalized spacial score (nSPS) is 18.2. The van der Waals surface area contributed by atoms with Gasteiger partial charge in [-0.1, -0.05) is 6.08 Å². The van der Waals surface area contributed by atoms with Crippen LogP contribution in [0.3, 0.4) is 0 Å². The van der Waals surface area contributed by atoms with E-state index in [0.29, 0.717) is 0 Å². The predicted octanol–water partition coefficient (Wildman–Crippen LogP) is 2.21. The Labute approximate surface area is 125 Å². The monoisotopic (exact) mass is 295 g/mol. The minimum Gasteiger partial charge on any atom is -0.392 e. The number of aryl methyl sites for hydroxylation is 2. The van der Waals surface area contributed by atoms with Crippen molar-refractivity contribution in [3.05, 3.63) is 23.2 Å². The number of hydrogen-bond donors (Lipinski definition) is 1. The summed E-state index contributed by atoms with van der Waals surface area (Å²) >= 11 is 1.78. The fourth-order valence-corrected chi connectivity index (χ4v) is 3.37. The fraction of sp³-hybridized carbons (Fsp3) is 0.667. The highest BCUT2D eigenvalue weighted by molar-refractivity contribution is 7.15. The van der Waals surface area contributed by atoms with Crippen molar-refractivity contribution in [3.8, 4) is 0 Å². The van der Waals surface area contributed by atoms with Gasteiger partial charge in [-0.05, 0) is 26.7 Å². The van der Waals surface area contributed by atoms with E-state index in [0.717, 1.165) is 56.4 Å². The third-order valence-electron chi connectivity index (χ3n) is 3.83. The summed E-state index contributed by atoms with van der Waals surface area (Å²) < 4.78 is 0. The summed E-state index contributed by atoms with van der Waals surface area (Å²) in [6, 6.07) is 0. The van der Waals surface area contributed by atoms with E-state index >= 15 is 0 Å². The van der Waals surface area contributed by atoms with E-state index in [1.165, 1.54) is 4.88 Å². The van der Waals surface area contributed by atoms with Gasteiger partial charge in [0.1, 0.15) is 0 Å². The summed E-state index contributed by atoms with van der Waals surface area (Å²) in [5, 5.41) is 11.1. The Balaban J connectivity index is 1.78. The zero-order valence-corrected chi connectivity index (χ0v) is 13.3. The second kappa shape index (κ2) is 7.20. The summed E-state index contributed by atoms with van der Waals surface area (Å²) in [6.45, 7) is 12.7. The molecule has 0 amide bonds. The number of aliphatic hydroxyl groups is 1. The van der Waals surface area contributed by atoms with Crippen LogP contribution in [0.4, 0.5) is 5.13 Å². The number of aromatic nitrogens is 1. The molecule has 1 aliphatic heterocycles. The highest BCUT2D eigenvalue weighted by Crippen LogP contribution is 2.25. The van der Waals surface area contributed by atoms with E-state index < -0.39 is 0 Å². The van der Waals surface area contributed by atoms with E-state index in [4.69, 9.17) is 0 Å². The van der Waals surface area contributed by atoms with Gasteiger partial charge in [0.15, 0.2) is 5.13 Å². The topological polar surface area (TPSA) is 39.6 Å². The molecule has 0 spiro atoms. The summed E-state index contributed by atoms with van der Waals surface area (Å²) in [5.41, 5.74) is 1.15. The second-order valence-electron chi connectivity index (χ2n) is 5.45. The third kappa shape index (κ3) is 4.04. The van der Waals surface area contributed by atoms with Crippen molar-refractivity contribution in [2.75, 3.05) is 37.6 Å². The molecular formula is C15H25N3OS. The predicted molar refractivity (Wildman–Crippen MR) is 85.7 cm³/mol. The van der Waals surface area contributed by atoms with Crippen molar-refractivity contribution >= 4 is 16.5 Å². The number of hydrogen-bond acceptors (Lipinski definition) is 5. The van der Waals surface area contributed by atoms with Crippen molar-refractivity contribution in [3.63, 3.8) is 0 Å². The Morgan fingerprint density at radius 3 is 2.60 bits per heavy atom. The van der Waals surface area contributed by atoms with Gasteiger partial charge in [0.25, 0.3) is 0 Å². The zero-order chi connectivity index (χ0) is 14.5. The molecule has 1 atom stereocenters. The molecule has 0 aliphatic carbocycles. The van der Waals surface area contributed by atoms with Gasteiger partial charge in [-0.2, -0.15) is 0 Å². The molecule has 2 heterocycles. The molecular weight excluding hydrogens is 270 g/mol. The smallest absolute Gasteiger partial charge is 0.185 e. The number of rotatable bonds is 6. The number of aliphatic hydroxyl groups excluding tert-OH is 1. The Bertz CT molecular complexity index is 419. The number of anilines is 1. The van der Waals surface area contributed by atoms with Crippen molar-refractivity contribution in [2.45, 2.75) is 32.8 Å². The van der Waals surface area contributed by atoms with Crippen molar-refractivity contribution in [1.29, 1.82) is 0 Å². The molecule has 2 rings (SSSR count). The summed E-state index contributed by atoms with van der Waals surface area (Å²) in [4.78, 5) is 10.6. The molecule has 1 unspecified atom stereocenters. The number of piperazine rings is 1. The Morgan fingerprint density at radius 1 is 1.35 bits per heavy atom. The lowest BCUT2D eigenvalue weighted by atomic mass is 10.2. The van der Waals surface area contributed by atoms with Crippen LogP contribution in [-0.4, -0.2) is 53.8 Å². The maximum atomic E-state index is 9.94. The molecule has 112 valence electrons. The van der Waals surface area contributed by atoms with Gasteiger partial charge < -0.3 is 10.0 Å². The molecule has 20 heavy (non-hydrogen) atoms. The summed E-state index contributed by atoms with van der Waals surface area (Å²) in [6.07, 6.45) is 3.34. The van der Waals surface area contributed by atoms with Crippen LogP contribution in [0.15, 0.2) is 12.7 Å². The SMILES string of the molecule is C=CCCC(O)CN1CCN(c2nc(C)c(C)s2)CC1. The molecule has 4 nitrogen and oxygen atoms in total. The minimum atomic E-state index is -0.232. The van der Waals surface area contributed by atoms with Crippen LogP contribution in [0.1, 0.15) is 23.4 Å². The number of β-amino-alcohol motifs (C(OH)–C–C–N with tert-alkyl or cyclic N) is 1. The minimum absolute atomic E-state index is 0.232. The second-order valence-corrected chi connectivity index (χ2v) is 6.63. The first-order valence-electron chi connectivity index (χ1n) is 7.30. The van der Waals surface area contributed by atoms with E-state index in [-0.39, 0.29) is 6.10 Å². The summed E-state index contributed by atoms with van der Waals surface area (Å²) in [7, 11) is 0. The van der Waals surface area contributed by atoms with Crippen LogP contribution < -0.4 is 4.90 Å². The fourth-order valence-electron chi connectivity index (χ4n) is 2.41. The van der Waals surface area contributed by atoms with Crippen LogP contribution in [0.25, 0.3) is 0 Å².